The zero-order valence-electron chi connectivity index (χ0n) is 8.81. The highest BCUT2D eigenvalue weighted by Crippen LogP contribution is 2.25. The molecule has 1 N–H and O–H groups in total. The molecule has 0 spiro atoms. The van der Waals surface area contributed by atoms with Crippen molar-refractivity contribution in [3.63, 3.8) is 0 Å². The third-order valence-electron chi connectivity index (χ3n) is 2.05. The summed E-state index contributed by atoms with van der Waals surface area (Å²) in [7, 11) is 0. The predicted molar refractivity (Wildman–Crippen MR) is 54.7 cm³/mol. The van der Waals surface area contributed by atoms with Crippen molar-refractivity contribution in [3.05, 3.63) is 41.5 Å². The second-order valence-electron chi connectivity index (χ2n) is 3.32. The van der Waals surface area contributed by atoms with Gasteiger partial charge in [-0.1, -0.05) is 6.07 Å². The lowest BCUT2D eigenvalue weighted by atomic mass is 10.2. The molecule has 1 heterocycles. The van der Waals surface area contributed by atoms with Crippen molar-refractivity contribution in [3.8, 4) is 11.8 Å². The number of benzene rings is 1. The number of nitrogens with zero attached hydrogens (tertiary/aromatic N) is 1. The molecule has 88 valence electrons. The third-order valence-corrected chi connectivity index (χ3v) is 2.05. The van der Waals surface area contributed by atoms with Gasteiger partial charge in [-0.3, -0.25) is 0 Å². The van der Waals surface area contributed by atoms with E-state index in [0.717, 1.165) is 6.26 Å². The summed E-state index contributed by atoms with van der Waals surface area (Å²) in [5.74, 6) is -1.46. The summed E-state index contributed by atoms with van der Waals surface area (Å²) in [5.41, 5.74) is 0.413. The van der Waals surface area contributed by atoms with Crippen LogP contribution in [0, 0.1) is 12.7 Å². The van der Waals surface area contributed by atoms with E-state index < -0.39 is 11.8 Å². The maximum absolute atomic E-state index is 13.0. The third kappa shape index (κ3) is 2.41. The number of carboxylic acid groups (broad SMARTS) is 1. The van der Waals surface area contributed by atoms with Crippen LogP contribution in [0.2, 0.25) is 0 Å². The Hall–Kier alpha value is -2.37. The van der Waals surface area contributed by atoms with Crippen LogP contribution in [0.4, 0.5) is 4.39 Å². The van der Waals surface area contributed by atoms with E-state index in [4.69, 9.17) is 14.3 Å². The molecule has 0 aliphatic heterocycles. The minimum atomic E-state index is -1.22. The molecule has 0 aliphatic rings. The Morgan fingerprint density at radius 1 is 1.53 bits per heavy atom. The van der Waals surface area contributed by atoms with E-state index in [1.807, 2.05) is 0 Å². The molecule has 0 aliphatic carbocycles. The first kappa shape index (κ1) is 11.1. The van der Waals surface area contributed by atoms with E-state index in [-0.39, 0.29) is 17.5 Å². The average molecular weight is 237 g/mol. The summed E-state index contributed by atoms with van der Waals surface area (Å²) in [6, 6.07) is 3.99. The van der Waals surface area contributed by atoms with Crippen molar-refractivity contribution in [1.82, 2.24) is 4.98 Å². The molecule has 0 saturated carbocycles. The molecule has 0 unspecified atom stereocenters. The lowest BCUT2D eigenvalue weighted by Gasteiger charge is -2.03. The van der Waals surface area contributed by atoms with Gasteiger partial charge in [-0.25, -0.2) is 9.18 Å². The summed E-state index contributed by atoms with van der Waals surface area (Å²) in [6.45, 7) is 1.72. The van der Waals surface area contributed by atoms with Crippen LogP contribution >= 0.6 is 0 Å². The number of aromatic carboxylic acids is 1. The Morgan fingerprint density at radius 2 is 2.29 bits per heavy atom. The van der Waals surface area contributed by atoms with E-state index >= 15 is 0 Å². The molecule has 1 aromatic heterocycles. The molecule has 0 saturated heterocycles. The van der Waals surface area contributed by atoms with Gasteiger partial charge in [-0.15, -0.1) is 0 Å². The Balaban J connectivity index is 2.25. The van der Waals surface area contributed by atoms with Crippen molar-refractivity contribution >= 4 is 5.97 Å². The minimum absolute atomic E-state index is 0.226. The maximum atomic E-state index is 13.0. The van der Waals surface area contributed by atoms with Crippen molar-refractivity contribution < 1.29 is 23.4 Å². The molecule has 2 aromatic rings. The van der Waals surface area contributed by atoms with Crippen molar-refractivity contribution in [1.29, 1.82) is 0 Å². The largest absolute Gasteiger partial charge is 0.476 e. The second-order valence-corrected chi connectivity index (χ2v) is 3.32. The number of halogens is 1. The normalized spacial score (nSPS) is 10.2. The zero-order valence-corrected chi connectivity index (χ0v) is 8.81. The predicted octanol–water partition coefficient (Wildman–Crippen LogP) is 2.61. The van der Waals surface area contributed by atoms with Crippen molar-refractivity contribution in [2.75, 3.05) is 0 Å². The maximum Gasteiger partial charge on any atom is 0.399 e. The van der Waals surface area contributed by atoms with Crippen molar-refractivity contribution in [2.24, 2.45) is 0 Å². The number of rotatable bonds is 3. The van der Waals surface area contributed by atoms with Gasteiger partial charge in [0.1, 0.15) is 17.8 Å². The summed E-state index contributed by atoms with van der Waals surface area (Å²) in [5, 5.41) is 8.62. The topological polar surface area (TPSA) is 72.6 Å². The summed E-state index contributed by atoms with van der Waals surface area (Å²) in [4.78, 5) is 14.1. The van der Waals surface area contributed by atoms with Gasteiger partial charge in [0.2, 0.25) is 0 Å². The Bertz CT molecular complexity index is 564. The molecule has 0 amide bonds. The summed E-state index contributed by atoms with van der Waals surface area (Å²) < 4.78 is 22.9. The highest BCUT2D eigenvalue weighted by atomic mass is 19.1. The fourth-order valence-electron chi connectivity index (χ4n) is 1.18. The first-order valence-electron chi connectivity index (χ1n) is 4.69. The Kier molecular flexibility index (Phi) is 2.78. The highest BCUT2D eigenvalue weighted by molar-refractivity contribution is 5.84. The van der Waals surface area contributed by atoms with Crippen molar-refractivity contribution in [2.45, 2.75) is 6.92 Å². The number of hydrogen-bond acceptors (Lipinski definition) is 4. The van der Waals surface area contributed by atoms with Gasteiger partial charge in [0.15, 0.2) is 5.69 Å². The number of carboxylic acids is 1. The lowest BCUT2D eigenvalue weighted by Crippen LogP contribution is -1.96. The standard InChI is InChI=1S/C11H8FNO4/c1-6-2-3-7(12)4-9(6)17-11-13-8(5-16-11)10(14)15/h2-5H,1H3,(H,14,15). The number of oxazole rings is 1. The molecular formula is C11H8FNO4. The molecule has 2 rings (SSSR count). The Morgan fingerprint density at radius 3 is 2.94 bits per heavy atom. The molecule has 0 radical (unpaired) electrons. The van der Waals surface area contributed by atoms with Gasteiger partial charge in [-0.2, -0.15) is 4.98 Å². The first-order chi connectivity index (χ1) is 8.06. The second kappa shape index (κ2) is 4.25. The van der Waals surface area contributed by atoms with E-state index in [9.17, 15) is 9.18 Å². The number of aryl methyl sites for hydroxylation is 1. The smallest absolute Gasteiger partial charge is 0.399 e. The van der Waals surface area contributed by atoms with E-state index in [1.54, 1.807) is 6.92 Å². The van der Waals surface area contributed by atoms with Gasteiger partial charge in [0.05, 0.1) is 0 Å². The molecule has 17 heavy (non-hydrogen) atoms. The van der Waals surface area contributed by atoms with Gasteiger partial charge in [0, 0.05) is 6.07 Å². The summed E-state index contributed by atoms with van der Waals surface area (Å²) >= 11 is 0. The number of carbonyl (C=O) groups is 1. The SMILES string of the molecule is Cc1ccc(F)cc1Oc1nc(C(=O)O)co1. The lowest BCUT2D eigenvalue weighted by molar-refractivity contribution is 0.0690. The minimum Gasteiger partial charge on any atom is -0.476 e. The van der Waals surface area contributed by atoms with Crippen LogP contribution in [-0.2, 0) is 0 Å². The quantitative estimate of drug-likeness (QED) is 0.888. The van der Waals surface area contributed by atoms with Crippen LogP contribution in [-0.4, -0.2) is 16.1 Å². The van der Waals surface area contributed by atoms with Gasteiger partial charge in [0.25, 0.3) is 0 Å². The fraction of sp³-hybridized carbons (Fsp3) is 0.0909. The molecule has 0 atom stereocenters. The summed E-state index contributed by atoms with van der Waals surface area (Å²) in [6.07, 6.45) is 0.711. The number of ether oxygens (including phenoxy) is 1. The zero-order chi connectivity index (χ0) is 12.4. The molecule has 1 aromatic carbocycles. The van der Waals surface area contributed by atoms with Crippen LogP contribution < -0.4 is 4.74 Å². The number of hydrogen-bond donors (Lipinski definition) is 1. The number of aromatic nitrogens is 1. The van der Waals surface area contributed by atoms with E-state index in [1.165, 1.54) is 18.2 Å². The van der Waals surface area contributed by atoms with Crippen LogP contribution in [0.1, 0.15) is 16.1 Å². The Labute approximate surface area is 95.5 Å². The molecule has 5 nitrogen and oxygen atoms in total. The van der Waals surface area contributed by atoms with Crippen LogP contribution in [0.15, 0.2) is 28.9 Å². The van der Waals surface area contributed by atoms with Gasteiger partial charge >= 0.3 is 12.0 Å². The average Bonchev–Trinajstić information content (AvgIpc) is 2.72. The highest BCUT2D eigenvalue weighted by Gasteiger charge is 2.13. The van der Waals surface area contributed by atoms with Crippen LogP contribution in [0.25, 0.3) is 0 Å². The first-order valence-corrected chi connectivity index (χ1v) is 4.69. The van der Waals surface area contributed by atoms with Crippen LogP contribution in [0.5, 0.6) is 11.8 Å². The molecule has 6 heteroatoms. The molecule has 0 bridgehead atoms. The van der Waals surface area contributed by atoms with Crippen LogP contribution in [0.3, 0.4) is 0 Å². The molecular weight excluding hydrogens is 229 g/mol. The van der Waals surface area contributed by atoms with Gasteiger partial charge < -0.3 is 14.3 Å². The fourth-order valence-corrected chi connectivity index (χ4v) is 1.18. The van der Waals surface area contributed by atoms with E-state index in [0.29, 0.717) is 5.56 Å². The molecule has 0 fully saturated rings. The monoisotopic (exact) mass is 237 g/mol. The van der Waals surface area contributed by atoms with E-state index in [2.05, 4.69) is 4.98 Å². The van der Waals surface area contributed by atoms with Gasteiger partial charge in [-0.05, 0) is 18.6 Å².